The van der Waals surface area contributed by atoms with Gasteiger partial charge < -0.3 is 11.5 Å². The number of fused-ring (bicyclic) bond motifs is 1. The van der Waals surface area contributed by atoms with Gasteiger partial charge in [0.1, 0.15) is 11.8 Å². The van der Waals surface area contributed by atoms with Gasteiger partial charge in [0.2, 0.25) is 0 Å². The lowest BCUT2D eigenvalue weighted by atomic mass is 10.1. The van der Waals surface area contributed by atoms with E-state index in [9.17, 15) is 14.4 Å². The lowest BCUT2D eigenvalue weighted by Gasteiger charge is -2.30. The van der Waals surface area contributed by atoms with Gasteiger partial charge in [-0.1, -0.05) is 11.6 Å². The monoisotopic (exact) mass is 332 g/mol. The smallest absolute Gasteiger partial charge is 0.338 e. The van der Waals surface area contributed by atoms with Gasteiger partial charge in [0.05, 0.1) is 29.0 Å². The van der Waals surface area contributed by atoms with Crippen molar-refractivity contribution in [2.45, 2.75) is 6.54 Å². The fourth-order valence-corrected chi connectivity index (χ4v) is 2.88. The Kier molecular flexibility index (Phi) is 3.42. The van der Waals surface area contributed by atoms with E-state index >= 15 is 0 Å². The van der Waals surface area contributed by atoms with Gasteiger partial charge in [-0.15, -0.1) is 0 Å². The van der Waals surface area contributed by atoms with E-state index in [1.165, 1.54) is 23.3 Å². The molecule has 2 aromatic rings. The molecule has 0 bridgehead atoms. The van der Waals surface area contributed by atoms with E-state index in [1.807, 2.05) is 6.07 Å². The average Bonchev–Trinajstić information content (AvgIpc) is 2.86. The maximum atomic E-state index is 14.1. The standard InChI is InChI=1S/C14H10ClFN6O/c15-10-2-9(18)1-7(3-17)12(10)21-6-8-4-20-5-11(16)13(8)22(21)14(19)23/h1-2,4-5H,6,18H2,(H2,19,23). The first-order chi connectivity index (χ1) is 10.9. The maximum absolute atomic E-state index is 14.1. The molecular weight excluding hydrogens is 323 g/mol. The zero-order chi connectivity index (χ0) is 16.7. The molecule has 23 heavy (non-hydrogen) atoms. The maximum Gasteiger partial charge on any atom is 0.338 e. The predicted octanol–water partition coefficient (Wildman–Crippen LogP) is 2.15. The highest BCUT2D eigenvalue weighted by molar-refractivity contribution is 6.34. The summed E-state index contributed by atoms with van der Waals surface area (Å²) in [6, 6.07) is 3.90. The lowest BCUT2D eigenvalue weighted by molar-refractivity contribution is 0.253. The molecule has 0 saturated carbocycles. The van der Waals surface area contributed by atoms with Crippen LogP contribution in [-0.4, -0.2) is 11.0 Å². The molecule has 9 heteroatoms. The van der Waals surface area contributed by atoms with E-state index in [4.69, 9.17) is 23.1 Å². The van der Waals surface area contributed by atoms with E-state index in [1.54, 1.807) is 0 Å². The van der Waals surface area contributed by atoms with Crippen molar-refractivity contribution in [3.63, 3.8) is 0 Å². The molecule has 0 radical (unpaired) electrons. The van der Waals surface area contributed by atoms with E-state index in [0.717, 1.165) is 11.2 Å². The molecule has 3 rings (SSSR count). The second-order valence-electron chi connectivity index (χ2n) is 4.85. The number of anilines is 3. The Morgan fingerprint density at radius 1 is 1.39 bits per heavy atom. The first-order valence-corrected chi connectivity index (χ1v) is 6.80. The minimum atomic E-state index is -0.911. The third kappa shape index (κ3) is 2.27. The Labute approximate surface area is 135 Å². The van der Waals surface area contributed by atoms with Crippen molar-refractivity contribution in [2.75, 3.05) is 15.8 Å². The Morgan fingerprint density at radius 3 is 2.78 bits per heavy atom. The Bertz CT molecular complexity index is 865. The first-order valence-electron chi connectivity index (χ1n) is 6.42. The average molecular weight is 333 g/mol. The minimum absolute atomic E-state index is 0.00992. The van der Waals surface area contributed by atoms with Crippen molar-refractivity contribution in [1.82, 2.24) is 4.98 Å². The van der Waals surface area contributed by atoms with E-state index in [2.05, 4.69) is 4.98 Å². The molecule has 0 saturated heterocycles. The van der Waals surface area contributed by atoms with Gasteiger partial charge in [0.15, 0.2) is 5.82 Å². The van der Waals surface area contributed by atoms with Crippen LogP contribution in [0.3, 0.4) is 0 Å². The Morgan fingerprint density at radius 2 is 2.13 bits per heavy atom. The summed E-state index contributed by atoms with van der Waals surface area (Å²) in [7, 11) is 0. The Balaban J connectivity index is 2.22. The summed E-state index contributed by atoms with van der Waals surface area (Å²) >= 11 is 6.19. The molecule has 1 aromatic carbocycles. The number of nitrogen functional groups attached to an aromatic ring is 1. The molecule has 1 aromatic heterocycles. The fraction of sp³-hybridized carbons (Fsp3) is 0.0714. The van der Waals surface area contributed by atoms with E-state index in [0.29, 0.717) is 11.3 Å². The SMILES string of the molecule is N#Cc1cc(N)cc(Cl)c1N1Cc2cncc(F)c2N1C(N)=O. The van der Waals surface area contributed by atoms with Crippen molar-refractivity contribution >= 4 is 34.7 Å². The number of carbonyl (C=O) groups excluding carboxylic acids is 1. The van der Waals surface area contributed by atoms with Crippen LogP contribution in [0.4, 0.5) is 26.2 Å². The number of nitriles is 1. The van der Waals surface area contributed by atoms with Gasteiger partial charge in [0.25, 0.3) is 0 Å². The van der Waals surface area contributed by atoms with Gasteiger partial charge in [-0.3, -0.25) is 9.99 Å². The van der Waals surface area contributed by atoms with Crippen LogP contribution in [0.25, 0.3) is 0 Å². The van der Waals surface area contributed by atoms with Gasteiger partial charge >= 0.3 is 6.03 Å². The Hall–Kier alpha value is -3.05. The number of amides is 2. The molecule has 7 nitrogen and oxygen atoms in total. The van der Waals surface area contributed by atoms with Crippen molar-refractivity contribution < 1.29 is 9.18 Å². The summed E-state index contributed by atoms with van der Waals surface area (Å²) < 4.78 is 14.1. The molecule has 0 fully saturated rings. The molecule has 0 aliphatic carbocycles. The highest BCUT2D eigenvalue weighted by Gasteiger charge is 2.36. The van der Waals surface area contributed by atoms with E-state index in [-0.39, 0.29) is 28.5 Å². The van der Waals surface area contributed by atoms with Crippen molar-refractivity contribution in [2.24, 2.45) is 5.73 Å². The van der Waals surface area contributed by atoms with Gasteiger partial charge in [-0.25, -0.2) is 9.18 Å². The molecule has 1 aliphatic heterocycles. The molecule has 116 valence electrons. The van der Waals surface area contributed by atoms with E-state index < -0.39 is 11.8 Å². The molecule has 2 heterocycles. The minimum Gasteiger partial charge on any atom is -0.399 e. The van der Waals surface area contributed by atoms with Crippen LogP contribution in [0.1, 0.15) is 11.1 Å². The molecular formula is C14H10ClFN6O. The summed E-state index contributed by atoms with van der Waals surface area (Å²) in [6.07, 6.45) is 2.40. The molecule has 0 spiro atoms. The van der Waals surface area contributed by atoms with Gasteiger partial charge in [0, 0.05) is 17.4 Å². The molecule has 0 unspecified atom stereocenters. The summed E-state index contributed by atoms with van der Waals surface area (Å²) in [6.45, 7) is 0.0847. The lowest BCUT2D eigenvalue weighted by Crippen LogP contribution is -2.46. The number of nitrogens with zero attached hydrogens (tertiary/aromatic N) is 4. The number of rotatable bonds is 1. The number of urea groups is 1. The summed E-state index contributed by atoms with van der Waals surface area (Å²) in [5.74, 6) is -0.700. The summed E-state index contributed by atoms with van der Waals surface area (Å²) in [5, 5.41) is 11.7. The van der Waals surface area contributed by atoms with Gasteiger partial charge in [-0.2, -0.15) is 10.3 Å². The number of carbonyl (C=O) groups is 1. The third-order valence-electron chi connectivity index (χ3n) is 3.40. The van der Waals surface area contributed by atoms with Crippen LogP contribution < -0.4 is 21.5 Å². The first kappa shape index (κ1) is 14.9. The zero-order valence-electron chi connectivity index (χ0n) is 11.6. The number of hydrazine groups is 1. The number of halogens is 2. The van der Waals surface area contributed by atoms with Crippen LogP contribution in [-0.2, 0) is 6.54 Å². The summed E-state index contributed by atoms with van der Waals surface area (Å²) in [5.41, 5.74) is 12.2. The normalized spacial score (nSPS) is 12.9. The fourth-order valence-electron chi connectivity index (χ4n) is 2.55. The predicted molar refractivity (Wildman–Crippen MR) is 83.0 cm³/mol. The number of nitrogens with two attached hydrogens (primary N) is 2. The highest BCUT2D eigenvalue weighted by Crippen LogP contribution is 2.41. The van der Waals surface area contributed by atoms with Gasteiger partial charge in [-0.05, 0) is 12.1 Å². The topological polar surface area (TPSA) is 112 Å². The highest BCUT2D eigenvalue weighted by atomic mass is 35.5. The zero-order valence-corrected chi connectivity index (χ0v) is 12.4. The van der Waals surface area contributed by atoms with Crippen molar-refractivity contribution in [3.05, 3.63) is 46.5 Å². The van der Waals surface area contributed by atoms with Crippen LogP contribution in [0, 0.1) is 17.1 Å². The van der Waals surface area contributed by atoms with Crippen molar-refractivity contribution in [1.29, 1.82) is 5.26 Å². The molecule has 1 aliphatic rings. The number of hydrogen-bond donors (Lipinski definition) is 2. The number of pyridine rings is 1. The quantitative estimate of drug-likeness (QED) is 0.777. The number of benzene rings is 1. The largest absolute Gasteiger partial charge is 0.399 e. The van der Waals surface area contributed by atoms with Crippen LogP contribution >= 0.6 is 11.6 Å². The number of primary amides is 1. The third-order valence-corrected chi connectivity index (χ3v) is 3.68. The molecule has 4 N–H and O–H groups in total. The van der Waals surface area contributed by atoms with Crippen LogP contribution in [0.15, 0.2) is 24.5 Å². The summed E-state index contributed by atoms with van der Waals surface area (Å²) in [4.78, 5) is 15.6. The second kappa shape index (κ2) is 5.30. The van der Waals surface area contributed by atoms with Crippen molar-refractivity contribution in [3.8, 4) is 6.07 Å². The molecule has 0 atom stereocenters. The molecule has 2 amide bonds. The van der Waals surface area contributed by atoms with Crippen LogP contribution in [0.5, 0.6) is 0 Å². The number of hydrogen-bond acceptors (Lipinski definition) is 5. The second-order valence-corrected chi connectivity index (χ2v) is 5.25. The number of aromatic nitrogens is 1. The van der Waals surface area contributed by atoms with Crippen LogP contribution in [0.2, 0.25) is 5.02 Å².